The molecule has 0 N–H and O–H groups in total. The number of methoxy groups -OCH3 is 2. The molecule has 0 saturated carbocycles. The number of ether oxygens (including phenoxy) is 4. The Hall–Kier alpha value is -3.61. The third kappa shape index (κ3) is 4.14. The van der Waals surface area contributed by atoms with Gasteiger partial charge in [0.25, 0.3) is 0 Å². The van der Waals surface area contributed by atoms with Crippen molar-refractivity contribution in [2.75, 3.05) is 14.2 Å². The van der Waals surface area contributed by atoms with Crippen LogP contribution in [-0.2, 0) is 14.3 Å². The summed E-state index contributed by atoms with van der Waals surface area (Å²) in [5, 5.41) is 0. The van der Waals surface area contributed by atoms with Crippen LogP contribution in [0.3, 0.4) is 0 Å². The molecule has 27 heavy (non-hydrogen) atoms. The highest BCUT2D eigenvalue weighted by Crippen LogP contribution is 2.30. The van der Waals surface area contributed by atoms with Crippen LogP contribution in [0.25, 0.3) is 6.08 Å². The molecule has 0 unspecified atom stereocenters. The van der Waals surface area contributed by atoms with E-state index in [2.05, 4.69) is 4.99 Å². The predicted octanol–water partition coefficient (Wildman–Crippen LogP) is 2.97. The summed E-state index contributed by atoms with van der Waals surface area (Å²) in [5.41, 5.74) is 1.36. The monoisotopic (exact) mass is 367 g/mol. The molecule has 0 spiro atoms. The first-order valence-electron chi connectivity index (χ1n) is 8.03. The highest BCUT2D eigenvalue weighted by molar-refractivity contribution is 6.13. The number of cyclic esters (lactones) is 1. The quantitative estimate of drug-likeness (QED) is 0.459. The summed E-state index contributed by atoms with van der Waals surface area (Å²) >= 11 is 0. The zero-order valence-electron chi connectivity index (χ0n) is 15.0. The lowest BCUT2D eigenvalue weighted by molar-refractivity contribution is -0.132. The van der Waals surface area contributed by atoms with E-state index in [9.17, 15) is 9.59 Å². The number of benzene rings is 2. The first-order chi connectivity index (χ1) is 13.0. The number of carbonyl (C=O) groups is 2. The molecule has 3 rings (SSSR count). The zero-order valence-corrected chi connectivity index (χ0v) is 15.0. The van der Waals surface area contributed by atoms with Crippen molar-refractivity contribution in [1.82, 2.24) is 0 Å². The Bertz CT molecular complexity index is 961. The Labute approximate surface area is 155 Å². The van der Waals surface area contributed by atoms with Crippen LogP contribution in [0.15, 0.2) is 53.2 Å². The second-order valence-electron chi connectivity index (χ2n) is 5.57. The normalized spacial score (nSPS) is 14.6. The molecule has 0 atom stereocenters. The van der Waals surface area contributed by atoms with Crippen LogP contribution in [-0.4, -0.2) is 32.1 Å². The van der Waals surface area contributed by atoms with Crippen molar-refractivity contribution in [3.63, 3.8) is 0 Å². The number of esters is 2. The van der Waals surface area contributed by atoms with Gasteiger partial charge in [0.05, 0.1) is 14.2 Å². The van der Waals surface area contributed by atoms with Crippen LogP contribution in [0.2, 0.25) is 0 Å². The Morgan fingerprint density at radius 2 is 1.89 bits per heavy atom. The molecule has 0 saturated heterocycles. The number of aliphatic imine (C=N–C) groups is 1. The van der Waals surface area contributed by atoms with Gasteiger partial charge in [-0.25, -0.2) is 9.79 Å². The van der Waals surface area contributed by atoms with Gasteiger partial charge < -0.3 is 18.9 Å². The first-order valence-corrected chi connectivity index (χ1v) is 8.03. The molecular formula is C20H17NO6. The fourth-order valence-corrected chi connectivity index (χ4v) is 2.46. The van der Waals surface area contributed by atoms with E-state index in [0.717, 1.165) is 0 Å². The Balaban J connectivity index is 1.93. The van der Waals surface area contributed by atoms with Crippen molar-refractivity contribution in [1.29, 1.82) is 0 Å². The molecular weight excluding hydrogens is 350 g/mol. The van der Waals surface area contributed by atoms with Crippen molar-refractivity contribution in [2.24, 2.45) is 4.99 Å². The lowest BCUT2D eigenvalue weighted by atomic mass is 10.1. The smallest absolute Gasteiger partial charge is 0.363 e. The second kappa shape index (κ2) is 7.74. The van der Waals surface area contributed by atoms with Crippen molar-refractivity contribution in [3.8, 4) is 17.2 Å². The van der Waals surface area contributed by atoms with Gasteiger partial charge in [-0.05, 0) is 42.0 Å². The number of carbonyl (C=O) groups excluding carboxylic acids is 2. The average Bonchev–Trinajstić information content (AvgIpc) is 3.02. The molecule has 1 heterocycles. The molecule has 138 valence electrons. The second-order valence-corrected chi connectivity index (χ2v) is 5.57. The first kappa shape index (κ1) is 18.2. The van der Waals surface area contributed by atoms with E-state index in [1.165, 1.54) is 14.0 Å². The minimum Gasteiger partial charge on any atom is -0.497 e. The van der Waals surface area contributed by atoms with Gasteiger partial charge >= 0.3 is 11.9 Å². The molecule has 0 bridgehead atoms. The van der Waals surface area contributed by atoms with Gasteiger partial charge in [-0.3, -0.25) is 4.79 Å². The summed E-state index contributed by atoms with van der Waals surface area (Å²) in [6, 6.07) is 12.0. The number of hydrogen-bond acceptors (Lipinski definition) is 7. The Morgan fingerprint density at radius 1 is 1.07 bits per heavy atom. The zero-order chi connectivity index (χ0) is 19.4. The summed E-state index contributed by atoms with van der Waals surface area (Å²) in [6.07, 6.45) is 1.54. The van der Waals surface area contributed by atoms with E-state index in [1.807, 2.05) is 0 Å². The molecule has 1 aliphatic heterocycles. The summed E-state index contributed by atoms with van der Waals surface area (Å²) in [6.45, 7) is 1.30. The lowest BCUT2D eigenvalue weighted by Crippen LogP contribution is -2.05. The summed E-state index contributed by atoms with van der Waals surface area (Å²) in [4.78, 5) is 27.7. The molecule has 7 nitrogen and oxygen atoms in total. The van der Waals surface area contributed by atoms with Gasteiger partial charge in [-0.2, -0.15) is 0 Å². The third-order valence-corrected chi connectivity index (χ3v) is 3.68. The summed E-state index contributed by atoms with van der Waals surface area (Å²) < 4.78 is 20.7. The SMILES string of the molecule is COc1cccc(C2=N/C(=C\c3ccc(OC)c(OC(C)=O)c3)C(=O)O2)c1. The van der Waals surface area contributed by atoms with Crippen molar-refractivity contribution in [3.05, 3.63) is 59.3 Å². The van der Waals surface area contributed by atoms with Gasteiger partial charge in [-0.1, -0.05) is 12.1 Å². The van der Waals surface area contributed by atoms with E-state index in [1.54, 1.807) is 55.7 Å². The minimum absolute atomic E-state index is 0.131. The van der Waals surface area contributed by atoms with Crippen molar-refractivity contribution in [2.45, 2.75) is 6.92 Å². The van der Waals surface area contributed by atoms with Crippen LogP contribution < -0.4 is 14.2 Å². The standard InChI is InChI=1S/C20H17NO6/c1-12(22)26-18-10-13(7-8-17(18)25-3)9-16-20(23)27-19(21-16)14-5-4-6-15(11-14)24-2/h4-11H,1-3H3/b16-9-. The number of nitrogens with zero attached hydrogens (tertiary/aromatic N) is 1. The number of hydrogen-bond donors (Lipinski definition) is 0. The maximum atomic E-state index is 12.2. The van der Waals surface area contributed by atoms with Crippen LogP contribution in [0.4, 0.5) is 0 Å². The fraction of sp³-hybridized carbons (Fsp3) is 0.150. The van der Waals surface area contributed by atoms with Crippen molar-refractivity contribution >= 4 is 23.9 Å². The molecule has 0 fully saturated rings. The Morgan fingerprint density at radius 3 is 2.59 bits per heavy atom. The molecule has 0 amide bonds. The molecule has 2 aromatic carbocycles. The predicted molar refractivity (Wildman–Crippen MR) is 97.9 cm³/mol. The third-order valence-electron chi connectivity index (χ3n) is 3.68. The van der Waals surface area contributed by atoms with Gasteiger partial charge in [0.2, 0.25) is 5.90 Å². The molecule has 2 aromatic rings. The van der Waals surface area contributed by atoms with Crippen molar-refractivity contribution < 1.29 is 28.5 Å². The largest absolute Gasteiger partial charge is 0.497 e. The fourth-order valence-electron chi connectivity index (χ4n) is 2.46. The van der Waals surface area contributed by atoms with Crippen LogP contribution in [0, 0.1) is 0 Å². The van der Waals surface area contributed by atoms with E-state index in [-0.39, 0.29) is 17.3 Å². The van der Waals surface area contributed by atoms with E-state index >= 15 is 0 Å². The molecule has 0 aromatic heterocycles. The summed E-state index contributed by atoms with van der Waals surface area (Å²) in [5.74, 6) is 0.433. The molecule has 7 heteroatoms. The minimum atomic E-state index is -0.572. The lowest BCUT2D eigenvalue weighted by Gasteiger charge is -2.08. The van der Waals surface area contributed by atoms with Gasteiger partial charge in [0, 0.05) is 12.5 Å². The van der Waals surface area contributed by atoms with E-state index in [4.69, 9.17) is 18.9 Å². The van der Waals surface area contributed by atoms with Gasteiger partial charge in [0.15, 0.2) is 17.2 Å². The van der Waals surface area contributed by atoms with Gasteiger partial charge in [0.1, 0.15) is 5.75 Å². The summed E-state index contributed by atoms with van der Waals surface area (Å²) in [7, 11) is 3.02. The van der Waals surface area contributed by atoms with Gasteiger partial charge in [-0.15, -0.1) is 0 Å². The molecule has 0 radical (unpaired) electrons. The molecule has 1 aliphatic rings. The topological polar surface area (TPSA) is 83.4 Å². The van der Waals surface area contributed by atoms with Crippen LogP contribution >= 0.6 is 0 Å². The van der Waals surface area contributed by atoms with Crippen LogP contribution in [0.5, 0.6) is 17.2 Å². The maximum Gasteiger partial charge on any atom is 0.363 e. The number of rotatable bonds is 5. The maximum absolute atomic E-state index is 12.2. The highest BCUT2D eigenvalue weighted by Gasteiger charge is 2.24. The van der Waals surface area contributed by atoms with E-state index in [0.29, 0.717) is 22.6 Å². The molecule has 0 aliphatic carbocycles. The van der Waals surface area contributed by atoms with Crippen LogP contribution in [0.1, 0.15) is 18.1 Å². The van der Waals surface area contributed by atoms with E-state index < -0.39 is 11.9 Å². The Kier molecular flexibility index (Phi) is 5.21. The highest BCUT2D eigenvalue weighted by atomic mass is 16.6. The average molecular weight is 367 g/mol.